The third-order valence-electron chi connectivity index (χ3n) is 1.80. The molecule has 0 heterocycles. The van der Waals surface area contributed by atoms with Gasteiger partial charge in [0.05, 0.1) is 0 Å². The van der Waals surface area contributed by atoms with Crippen LogP contribution in [0.25, 0.3) is 0 Å². The normalized spacial score (nSPS) is 16.5. The first-order chi connectivity index (χ1) is 5.43. The Balaban J connectivity index is 0. The number of ether oxygens (including phenoxy) is 1. The number of carbonyl (C=O) groups excluding carboxylic acids is 1. The zero-order chi connectivity index (χ0) is 8.53. The Morgan fingerprint density at radius 2 is 1.67 bits per heavy atom. The zero-order valence-corrected chi connectivity index (χ0v) is 13.3. The van der Waals surface area contributed by atoms with E-state index in [9.17, 15) is 4.79 Å². The van der Waals surface area contributed by atoms with Gasteiger partial charge < -0.3 is 4.74 Å². The van der Waals surface area contributed by atoms with Gasteiger partial charge in [-0.25, -0.2) is 0 Å². The summed E-state index contributed by atoms with van der Waals surface area (Å²) in [5.41, 5.74) is 0. The standard InChI is InChI=1S/C7H12O2.O.2Zn/c8-6-9-7-4-2-1-3-5-7;;;/h6-7H,1-5H2;;;. The average molecular weight is 275 g/mol. The van der Waals surface area contributed by atoms with Crippen molar-refractivity contribution in [2.45, 2.75) is 38.2 Å². The molecule has 1 rings (SSSR count). The van der Waals surface area contributed by atoms with Crippen LogP contribution in [0.1, 0.15) is 32.1 Å². The molecule has 0 saturated heterocycles. The van der Waals surface area contributed by atoms with Gasteiger partial charge >= 0.3 is 21.8 Å². The van der Waals surface area contributed by atoms with E-state index < -0.39 is 0 Å². The summed E-state index contributed by atoms with van der Waals surface area (Å²) in [5.74, 6) is 0. The molecular weight excluding hydrogens is 263 g/mol. The molecule has 1 fully saturated rings. The molecule has 3 nitrogen and oxygen atoms in total. The van der Waals surface area contributed by atoms with Gasteiger partial charge in [0, 0.05) is 19.5 Å². The van der Waals surface area contributed by atoms with Crippen molar-refractivity contribution in [2.75, 3.05) is 0 Å². The second-order valence-electron chi connectivity index (χ2n) is 2.49. The van der Waals surface area contributed by atoms with Gasteiger partial charge in [0.25, 0.3) is 6.47 Å². The second kappa shape index (κ2) is 11.5. The average Bonchev–Trinajstić information content (AvgIpc) is 2.11. The molecule has 0 bridgehead atoms. The van der Waals surface area contributed by atoms with Crippen LogP contribution in [0.5, 0.6) is 0 Å². The Hall–Kier alpha value is 0.517. The summed E-state index contributed by atoms with van der Waals surface area (Å²) in [7, 11) is 0. The second-order valence-corrected chi connectivity index (χ2v) is 2.49. The molecule has 1 aliphatic carbocycles. The molecule has 0 aromatic carbocycles. The number of hydrogen-bond acceptors (Lipinski definition) is 3. The van der Waals surface area contributed by atoms with Gasteiger partial charge in [0.2, 0.25) is 0 Å². The van der Waals surface area contributed by atoms with Crippen molar-refractivity contribution < 1.29 is 50.8 Å². The Kier molecular flexibility index (Phi) is 14.4. The van der Waals surface area contributed by atoms with Crippen molar-refractivity contribution in [2.24, 2.45) is 0 Å². The van der Waals surface area contributed by atoms with Crippen LogP contribution < -0.4 is 0 Å². The zero-order valence-electron chi connectivity index (χ0n) is 7.33. The Morgan fingerprint density at radius 1 is 1.17 bits per heavy atom. The van der Waals surface area contributed by atoms with E-state index in [0.717, 1.165) is 12.8 Å². The minimum absolute atomic E-state index is 0. The topological polar surface area (TPSA) is 43.4 Å². The maximum absolute atomic E-state index is 9.85. The van der Waals surface area contributed by atoms with Gasteiger partial charge in [0.1, 0.15) is 6.10 Å². The minimum Gasteiger partial charge on any atom is 0 e. The molecule has 5 heteroatoms. The first kappa shape index (κ1) is 15.0. The molecule has 0 atom stereocenters. The van der Waals surface area contributed by atoms with Gasteiger partial charge in [-0.05, 0) is 25.7 Å². The van der Waals surface area contributed by atoms with Crippen molar-refractivity contribution in [1.29, 1.82) is 0 Å². The van der Waals surface area contributed by atoms with Crippen LogP contribution >= 0.6 is 0 Å². The molecule has 0 amide bonds. The predicted molar refractivity (Wildman–Crippen MR) is 34.7 cm³/mol. The molecule has 0 aromatic heterocycles. The Morgan fingerprint density at radius 3 is 2.08 bits per heavy atom. The summed E-state index contributed by atoms with van der Waals surface area (Å²) < 4.78 is 13.2. The molecule has 0 aliphatic heterocycles. The van der Waals surface area contributed by atoms with Gasteiger partial charge in [-0.2, -0.15) is 0 Å². The molecular formula is C7H12O3Zn2. The monoisotopic (exact) mass is 272 g/mol. The van der Waals surface area contributed by atoms with Crippen molar-refractivity contribution >= 4 is 6.47 Å². The maximum Gasteiger partial charge on any atom is 0 e. The largest absolute Gasteiger partial charge is 0 e. The molecule has 0 spiro atoms. The van der Waals surface area contributed by atoms with Crippen LogP contribution in [0, 0.1) is 0 Å². The van der Waals surface area contributed by atoms with Crippen LogP contribution in [-0.2, 0) is 50.8 Å². The fourth-order valence-corrected chi connectivity index (χ4v) is 1.28. The molecule has 12 heavy (non-hydrogen) atoms. The summed E-state index contributed by atoms with van der Waals surface area (Å²) in [6.07, 6.45) is 6.11. The van der Waals surface area contributed by atoms with E-state index in [2.05, 4.69) is 0 Å². The summed E-state index contributed by atoms with van der Waals surface area (Å²) in [6, 6.07) is 0. The van der Waals surface area contributed by atoms with Gasteiger partial charge in [-0.15, -0.1) is 0 Å². The van der Waals surface area contributed by atoms with Gasteiger partial charge in [0.15, 0.2) is 0 Å². The summed E-state index contributed by atoms with van der Waals surface area (Å²) in [6.45, 7) is 0.565. The predicted octanol–water partition coefficient (Wildman–Crippen LogP) is 1.37. The van der Waals surface area contributed by atoms with Crippen LogP contribution in [0.3, 0.4) is 0 Å². The van der Waals surface area contributed by atoms with E-state index in [0.29, 0.717) is 6.47 Å². The summed E-state index contributed by atoms with van der Waals surface area (Å²) in [4.78, 5) is 9.85. The van der Waals surface area contributed by atoms with Crippen LogP contribution in [0.4, 0.5) is 0 Å². The van der Waals surface area contributed by atoms with Crippen LogP contribution in [0.15, 0.2) is 0 Å². The molecule has 0 unspecified atom stereocenters. The molecule has 0 radical (unpaired) electrons. The summed E-state index contributed by atoms with van der Waals surface area (Å²) in [5, 5.41) is 0. The van der Waals surface area contributed by atoms with E-state index in [1.807, 2.05) is 0 Å². The smallest absolute Gasteiger partial charge is 0 e. The molecule has 0 aromatic rings. The van der Waals surface area contributed by atoms with E-state index >= 15 is 0 Å². The van der Waals surface area contributed by atoms with E-state index in [-0.39, 0.29) is 43.8 Å². The van der Waals surface area contributed by atoms with Crippen molar-refractivity contribution in [3.05, 3.63) is 0 Å². The first-order valence-electron chi connectivity index (χ1n) is 3.81. The molecule has 1 aliphatic rings. The van der Waals surface area contributed by atoms with Crippen LogP contribution in [-0.4, -0.2) is 12.6 Å². The SMILES string of the molecule is O=COC1CCCCC1.[O]=[Zn].[Zn]. The molecule has 1 saturated carbocycles. The van der Waals surface area contributed by atoms with Gasteiger partial charge in [-0.1, -0.05) is 6.42 Å². The van der Waals surface area contributed by atoms with Gasteiger partial charge in [-0.3, -0.25) is 4.79 Å². The van der Waals surface area contributed by atoms with Crippen LogP contribution in [0.2, 0.25) is 0 Å². The Bertz CT molecular complexity index is 105. The summed E-state index contributed by atoms with van der Waals surface area (Å²) >= 11 is 0.125. The fraction of sp³-hybridized carbons (Fsp3) is 0.857. The Labute approximate surface area is 95.3 Å². The third kappa shape index (κ3) is 7.18. The first-order valence-corrected chi connectivity index (χ1v) is 5.02. The maximum atomic E-state index is 9.85. The van der Waals surface area contributed by atoms with E-state index in [1.54, 1.807) is 0 Å². The van der Waals surface area contributed by atoms with Crippen molar-refractivity contribution in [1.82, 2.24) is 0 Å². The fourth-order valence-electron chi connectivity index (χ4n) is 1.28. The molecule has 0 N–H and O–H groups in total. The number of rotatable bonds is 2. The van der Waals surface area contributed by atoms with Crippen molar-refractivity contribution in [3.8, 4) is 0 Å². The third-order valence-corrected chi connectivity index (χ3v) is 1.80. The molecule has 62 valence electrons. The number of carbonyl (C=O) groups is 1. The minimum atomic E-state index is 0. The quantitative estimate of drug-likeness (QED) is 0.564. The van der Waals surface area contributed by atoms with E-state index in [4.69, 9.17) is 8.31 Å². The number of hydrogen-bond donors (Lipinski definition) is 0. The van der Waals surface area contributed by atoms with Crippen molar-refractivity contribution in [3.63, 3.8) is 0 Å². The van der Waals surface area contributed by atoms with E-state index in [1.165, 1.54) is 19.3 Å².